The number of hydrogen-bond acceptors (Lipinski definition) is 4. The Morgan fingerprint density at radius 2 is 1.70 bits per heavy atom. The predicted octanol–water partition coefficient (Wildman–Crippen LogP) is 6.34. The van der Waals surface area contributed by atoms with E-state index in [-0.39, 0.29) is 22.1 Å². The molecule has 1 saturated carbocycles. The summed E-state index contributed by atoms with van der Waals surface area (Å²) in [6.45, 7) is 6.31. The molecule has 1 aliphatic carbocycles. The molecule has 182 valence electrons. The SMILES string of the molecule is CC(C)(C)OC(=O)COC[C@H]1CC[C@H](Cn2nc(C(F)(F)F)c(I)c2-c2ccccc2)CC1. The number of benzene rings is 1. The van der Waals surface area contributed by atoms with E-state index in [1.807, 2.05) is 51.1 Å². The second-order valence-electron chi connectivity index (χ2n) is 9.55. The molecule has 0 radical (unpaired) electrons. The van der Waals surface area contributed by atoms with Crippen molar-refractivity contribution in [2.24, 2.45) is 11.8 Å². The van der Waals surface area contributed by atoms with Gasteiger partial charge in [-0.25, -0.2) is 4.79 Å². The molecule has 0 unspecified atom stereocenters. The monoisotopic (exact) mass is 578 g/mol. The van der Waals surface area contributed by atoms with E-state index in [0.717, 1.165) is 31.2 Å². The van der Waals surface area contributed by atoms with Gasteiger partial charge in [-0.15, -0.1) is 0 Å². The van der Waals surface area contributed by atoms with Crippen LogP contribution >= 0.6 is 22.6 Å². The quantitative estimate of drug-likeness (QED) is 0.285. The van der Waals surface area contributed by atoms with Crippen molar-refractivity contribution in [2.45, 2.75) is 64.8 Å². The Morgan fingerprint density at radius 3 is 2.27 bits per heavy atom. The van der Waals surface area contributed by atoms with E-state index in [4.69, 9.17) is 9.47 Å². The van der Waals surface area contributed by atoms with Crippen LogP contribution < -0.4 is 0 Å². The zero-order chi connectivity index (χ0) is 24.2. The van der Waals surface area contributed by atoms with Gasteiger partial charge in [-0.2, -0.15) is 18.3 Å². The normalized spacial score (nSPS) is 19.5. The molecule has 1 fully saturated rings. The third kappa shape index (κ3) is 7.43. The minimum absolute atomic E-state index is 0.0659. The number of esters is 1. The molecule has 0 N–H and O–H groups in total. The summed E-state index contributed by atoms with van der Waals surface area (Å²) in [5, 5.41) is 3.98. The molecule has 0 atom stereocenters. The molecule has 1 aromatic carbocycles. The first-order chi connectivity index (χ1) is 15.4. The van der Waals surface area contributed by atoms with Crippen molar-refractivity contribution in [3.8, 4) is 11.3 Å². The van der Waals surface area contributed by atoms with Crippen molar-refractivity contribution in [3.05, 3.63) is 39.6 Å². The molecule has 0 saturated heterocycles. The molecule has 3 rings (SSSR count). The van der Waals surface area contributed by atoms with Gasteiger partial charge in [-0.3, -0.25) is 4.68 Å². The van der Waals surface area contributed by atoms with Crippen molar-refractivity contribution < 1.29 is 27.4 Å². The fraction of sp³-hybridized carbons (Fsp3) is 0.583. The van der Waals surface area contributed by atoms with E-state index in [9.17, 15) is 18.0 Å². The van der Waals surface area contributed by atoms with Crippen molar-refractivity contribution in [3.63, 3.8) is 0 Å². The highest BCUT2D eigenvalue weighted by atomic mass is 127. The molecular formula is C24H30F3IN2O3. The van der Waals surface area contributed by atoms with Crippen LogP contribution in [-0.4, -0.2) is 34.6 Å². The van der Waals surface area contributed by atoms with Gasteiger partial charge in [0.05, 0.1) is 15.9 Å². The minimum atomic E-state index is -4.49. The maximum atomic E-state index is 13.5. The van der Waals surface area contributed by atoms with E-state index in [0.29, 0.717) is 24.8 Å². The molecule has 0 spiro atoms. The molecule has 1 aliphatic rings. The molecule has 0 amide bonds. The molecule has 1 aromatic heterocycles. The lowest BCUT2D eigenvalue weighted by Crippen LogP contribution is -2.28. The van der Waals surface area contributed by atoms with E-state index in [1.165, 1.54) is 4.68 Å². The molecule has 5 nitrogen and oxygen atoms in total. The van der Waals surface area contributed by atoms with Crippen LogP contribution in [0.3, 0.4) is 0 Å². The number of carbonyl (C=O) groups excluding carboxylic acids is 1. The van der Waals surface area contributed by atoms with Crippen LogP contribution in [0.5, 0.6) is 0 Å². The number of alkyl halides is 3. The third-order valence-electron chi connectivity index (χ3n) is 5.60. The summed E-state index contributed by atoms with van der Waals surface area (Å²) >= 11 is 1.76. The second-order valence-corrected chi connectivity index (χ2v) is 10.6. The summed E-state index contributed by atoms with van der Waals surface area (Å²) in [7, 11) is 0. The Morgan fingerprint density at radius 1 is 1.09 bits per heavy atom. The van der Waals surface area contributed by atoms with Gasteiger partial charge in [0, 0.05) is 12.1 Å². The first kappa shape index (κ1) is 26.0. The fourth-order valence-corrected chi connectivity index (χ4v) is 5.13. The van der Waals surface area contributed by atoms with E-state index in [2.05, 4.69) is 5.10 Å². The largest absolute Gasteiger partial charge is 0.458 e. The Bertz CT molecular complexity index is 931. The van der Waals surface area contributed by atoms with Gasteiger partial charge in [0.1, 0.15) is 12.2 Å². The predicted molar refractivity (Wildman–Crippen MR) is 127 cm³/mol. The standard InChI is InChI=1S/C24H30F3IN2O3/c1-23(2,3)33-19(31)15-32-14-17-11-9-16(10-12-17)13-30-21(18-7-5-4-6-8-18)20(28)22(29-30)24(25,26)27/h4-8,16-17H,9-15H2,1-3H3/t16-,17-. The Kier molecular flexibility index (Phi) is 8.47. The number of carbonyl (C=O) groups is 1. The van der Waals surface area contributed by atoms with Crippen molar-refractivity contribution in [1.29, 1.82) is 0 Å². The van der Waals surface area contributed by atoms with Gasteiger partial charge in [-0.1, -0.05) is 30.3 Å². The first-order valence-electron chi connectivity index (χ1n) is 11.1. The van der Waals surface area contributed by atoms with Gasteiger partial charge in [-0.05, 0) is 80.9 Å². The number of halogens is 4. The lowest BCUT2D eigenvalue weighted by Gasteiger charge is -2.28. The molecule has 0 bridgehead atoms. The summed E-state index contributed by atoms with van der Waals surface area (Å²) in [4.78, 5) is 11.8. The summed E-state index contributed by atoms with van der Waals surface area (Å²) in [5.74, 6) is 0.200. The van der Waals surface area contributed by atoms with Gasteiger partial charge < -0.3 is 9.47 Å². The summed E-state index contributed by atoms with van der Waals surface area (Å²) in [6.07, 6.45) is -0.915. The average Bonchev–Trinajstić information content (AvgIpc) is 3.05. The zero-order valence-electron chi connectivity index (χ0n) is 19.1. The molecule has 33 heavy (non-hydrogen) atoms. The van der Waals surface area contributed by atoms with Gasteiger partial charge in [0.25, 0.3) is 0 Å². The Hall–Kier alpha value is -1.62. The molecule has 0 aliphatic heterocycles. The highest BCUT2D eigenvalue weighted by molar-refractivity contribution is 14.1. The fourth-order valence-electron chi connectivity index (χ4n) is 4.13. The maximum Gasteiger partial charge on any atom is 0.436 e. The molecular weight excluding hydrogens is 548 g/mol. The second kappa shape index (κ2) is 10.8. The van der Waals surface area contributed by atoms with Gasteiger partial charge >= 0.3 is 12.1 Å². The molecule has 9 heteroatoms. The van der Waals surface area contributed by atoms with Crippen molar-refractivity contribution in [2.75, 3.05) is 13.2 Å². The van der Waals surface area contributed by atoms with Crippen molar-refractivity contribution in [1.82, 2.24) is 9.78 Å². The average molecular weight is 578 g/mol. The number of nitrogens with zero attached hydrogens (tertiary/aromatic N) is 2. The Labute approximate surface area is 206 Å². The Balaban J connectivity index is 1.59. The first-order valence-corrected chi connectivity index (χ1v) is 12.2. The van der Waals surface area contributed by atoms with Crippen molar-refractivity contribution >= 4 is 28.6 Å². The van der Waals surface area contributed by atoms with E-state index < -0.39 is 17.5 Å². The highest BCUT2D eigenvalue weighted by Crippen LogP contribution is 2.38. The van der Waals surface area contributed by atoms with Crippen LogP contribution in [0.1, 0.15) is 52.1 Å². The molecule has 1 heterocycles. The van der Waals surface area contributed by atoms with Crippen LogP contribution in [0.4, 0.5) is 13.2 Å². The van der Waals surface area contributed by atoms with E-state index in [1.54, 1.807) is 22.6 Å². The number of aromatic nitrogens is 2. The van der Waals surface area contributed by atoms with E-state index >= 15 is 0 Å². The van der Waals surface area contributed by atoms with Crippen LogP contribution in [0, 0.1) is 15.4 Å². The van der Waals surface area contributed by atoms with Crippen LogP contribution in [-0.2, 0) is 27.0 Å². The van der Waals surface area contributed by atoms with Gasteiger partial charge in [0.2, 0.25) is 0 Å². The van der Waals surface area contributed by atoms with Crippen LogP contribution in [0.2, 0.25) is 0 Å². The lowest BCUT2D eigenvalue weighted by atomic mass is 9.82. The molecule has 2 aromatic rings. The topological polar surface area (TPSA) is 53.4 Å². The number of hydrogen-bond donors (Lipinski definition) is 0. The van der Waals surface area contributed by atoms with Crippen LogP contribution in [0.15, 0.2) is 30.3 Å². The number of rotatable bonds is 7. The highest BCUT2D eigenvalue weighted by Gasteiger charge is 2.39. The summed E-state index contributed by atoms with van der Waals surface area (Å²) in [5.41, 5.74) is -0.111. The smallest absolute Gasteiger partial charge is 0.436 e. The third-order valence-corrected chi connectivity index (χ3v) is 6.62. The maximum absolute atomic E-state index is 13.5. The number of ether oxygens (including phenoxy) is 2. The lowest BCUT2D eigenvalue weighted by molar-refractivity contribution is -0.160. The summed E-state index contributed by atoms with van der Waals surface area (Å²) < 4.78 is 53.0. The summed E-state index contributed by atoms with van der Waals surface area (Å²) in [6, 6.07) is 9.11. The van der Waals surface area contributed by atoms with Crippen LogP contribution in [0.25, 0.3) is 11.3 Å². The van der Waals surface area contributed by atoms with Gasteiger partial charge in [0.15, 0.2) is 5.69 Å². The zero-order valence-corrected chi connectivity index (χ0v) is 21.3. The minimum Gasteiger partial charge on any atom is -0.458 e.